The molecule has 8 heteroatoms. The highest BCUT2D eigenvalue weighted by Crippen LogP contribution is 2.32. The largest absolute Gasteiger partial charge is 0.454 e. The summed E-state index contributed by atoms with van der Waals surface area (Å²) in [6.45, 7) is 0.466. The van der Waals surface area contributed by atoms with Crippen molar-refractivity contribution in [1.29, 1.82) is 0 Å². The Morgan fingerprint density at radius 2 is 2.08 bits per heavy atom. The molecule has 0 aliphatic carbocycles. The third kappa shape index (κ3) is 3.34. The standard InChI is InChI=1S/C18H13ClFN3O3/c19-14-9-23(8-11-2-1-3-13(20)6-11)22-17(14)21-18(24)12-4-5-15-16(7-12)26-10-25-15/h1-7,9H,8,10H2,(H,21,22,24). The van der Waals surface area contributed by atoms with E-state index in [4.69, 9.17) is 21.1 Å². The van der Waals surface area contributed by atoms with Crippen LogP contribution in [0.2, 0.25) is 5.02 Å². The van der Waals surface area contributed by atoms with Crippen molar-refractivity contribution < 1.29 is 18.7 Å². The number of benzene rings is 2. The molecule has 2 heterocycles. The fraction of sp³-hybridized carbons (Fsp3) is 0.111. The number of hydrogen-bond donors (Lipinski definition) is 1. The molecule has 2 aromatic carbocycles. The fourth-order valence-electron chi connectivity index (χ4n) is 2.60. The molecule has 0 atom stereocenters. The summed E-state index contributed by atoms with van der Waals surface area (Å²) in [5, 5.41) is 7.20. The highest BCUT2D eigenvalue weighted by Gasteiger charge is 2.18. The molecule has 1 N–H and O–H groups in total. The van der Waals surface area contributed by atoms with Crippen LogP contribution in [-0.2, 0) is 6.54 Å². The number of halogens is 2. The van der Waals surface area contributed by atoms with Crippen molar-refractivity contribution >= 4 is 23.3 Å². The second-order valence-corrected chi connectivity index (χ2v) is 6.08. The van der Waals surface area contributed by atoms with E-state index < -0.39 is 0 Å². The van der Waals surface area contributed by atoms with Crippen LogP contribution < -0.4 is 14.8 Å². The van der Waals surface area contributed by atoms with E-state index in [0.717, 1.165) is 5.56 Å². The smallest absolute Gasteiger partial charge is 0.257 e. The third-order valence-corrected chi connectivity index (χ3v) is 4.09. The summed E-state index contributed by atoms with van der Waals surface area (Å²) in [7, 11) is 0. The molecule has 6 nitrogen and oxygen atoms in total. The number of hydrogen-bond acceptors (Lipinski definition) is 4. The monoisotopic (exact) mass is 373 g/mol. The Morgan fingerprint density at radius 3 is 2.92 bits per heavy atom. The van der Waals surface area contributed by atoms with E-state index in [1.54, 1.807) is 36.5 Å². The van der Waals surface area contributed by atoms with Crippen molar-refractivity contribution in [2.24, 2.45) is 0 Å². The quantitative estimate of drug-likeness (QED) is 0.757. The van der Waals surface area contributed by atoms with E-state index in [9.17, 15) is 9.18 Å². The number of carbonyl (C=O) groups excluding carboxylic acids is 1. The first-order valence-electron chi connectivity index (χ1n) is 7.77. The average molecular weight is 374 g/mol. The van der Waals surface area contributed by atoms with Gasteiger partial charge in [0, 0.05) is 11.8 Å². The summed E-state index contributed by atoms with van der Waals surface area (Å²) < 4.78 is 25.3. The Balaban J connectivity index is 1.50. The Hall–Kier alpha value is -3.06. The van der Waals surface area contributed by atoms with Crippen LogP contribution in [-0.4, -0.2) is 22.5 Å². The van der Waals surface area contributed by atoms with Gasteiger partial charge in [0.25, 0.3) is 5.91 Å². The number of amides is 1. The molecule has 1 aliphatic heterocycles. The maximum Gasteiger partial charge on any atom is 0.257 e. The Labute approximate surface area is 153 Å². The number of anilines is 1. The summed E-state index contributed by atoms with van der Waals surface area (Å²) in [5.41, 5.74) is 1.13. The van der Waals surface area contributed by atoms with Gasteiger partial charge in [0.05, 0.1) is 6.54 Å². The van der Waals surface area contributed by atoms with E-state index in [2.05, 4.69) is 10.4 Å². The molecule has 1 aromatic heterocycles. The lowest BCUT2D eigenvalue weighted by Gasteiger charge is -2.04. The molecule has 0 fully saturated rings. The zero-order chi connectivity index (χ0) is 18.1. The Bertz CT molecular complexity index is 990. The van der Waals surface area contributed by atoms with Gasteiger partial charge in [-0.25, -0.2) is 4.39 Å². The predicted molar refractivity (Wildman–Crippen MR) is 93.3 cm³/mol. The molecule has 4 rings (SSSR count). The lowest BCUT2D eigenvalue weighted by molar-refractivity contribution is 0.102. The number of nitrogens with zero attached hydrogens (tertiary/aromatic N) is 2. The SMILES string of the molecule is O=C(Nc1nn(Cc2cccc(F)c2)cc1Cl)c1ccc2c(c1)OCO2. The van der Waals surface area contributed by atoms with Crippen molar-refractivity contribution in [3.05, 3.63) is 70.6 Å². The van der Waals surface area contributed by atoms with Crippen LogP contribution in [0, 0.1) is 5.82 Å². The summed E-state index contributed by atoms with van der Waals surface area (Å²) in [6.07, 6.45) is 1.57. The molecule has 0 saturated heterocycles. The number of carbonyl (C=O) groups is 1. The number of ether oxygens (including phenoxy) is 2. The molecule has 3 aromatic rings. The van der Waals surface area contributed by atoms with Crippen LogP contribution in [0.3, 0.4) is 0 Å². The predicted octanol–water partition coefficient (Wildman–Crippen LogP) is 3.70. The molecule has 0 saturated carbocycles. The van der Waals surface area contributed by atoms with Crippen LogP contribution in [0.4, 0.5) is 10.2 Å². The van der Waals surface area contributed by atoms with Crippen molar-refractivity contribution in [2.75, 3.05) is 12.1 Å². The molecule has 132 valence electrons. The minimum Gasteiger partial charge on any atom is -0.454 e. The number of rotatable bonds is 4. The van der Waals surface area contributed by atoms with Gasteiger partial charge in [-0.05, 0) is 35.9 Å². The van der Waals surface area contributed by atoms with E-state index in [-0.39, 0.29) is 29.4 Å². The van der Waals surface area contributed by atoms with Gasteiger partial charge in [-0.2, -0.15) is 5.10 Å². The van der Waals surface area contributed by atoms with Crippen LogP contribution in [0.15, 0.2) is 48.7 Å². The van der Waals surface area contributed by atoms with Gasteiger partial charge in [-0.3, -0.25) is 9.48 Å². The second kappa shape index (κ2) is 6.68. The Kier molecular flexibility index (Phi) is 4.22. The maximum atomic E-state index is 13.3. The molecule has 0 radical (unpaired) electrons. The molecular formula is C18H13ClFN3O3. The summed E-state index contributed by atoms with van der Waals surface area (Å²) >= 11 is 6.15. The molecule has 1 aliphatic rings. The van der Waals surface area contributed by atoms with Gasteiger partial charge in [0.15, 0.2) is 17.3 Å². The van der Waals surface area contributed by atoms with Crippen molar-refractivity contribution in [2.45, 2.75) is 6.54 Å². The van der Waals surface area contributed by atoms with Crippen LogP contribution >= 0.6 is 11.6 Å². The lowest BCUT2D eigenvalue weighted by Crippen LogP contribution is -2.13. The van der Waals surface area contributed by atoms with E-state index in [1.807, 2.05) is 0 Å². The third-order valence-electron chi connectivity index (χ3n) is 3.82. The topological polar surface area (TPSA) is 65.4 Å². The van der Waals surface area contributed by atoms with E-state index in [0.29, 0.717) is 23.6 Å². The van der Waals surface area contributed by atoms with Crippen LogP contribution in [0.1, 0.15) is 15.9 Å². The van der Waals surface area contributed by atoms with Gasteiger partial charge in [-0.1, -0.05) is 23.7 Å². The first kappa shape index (κ1) is 16.4. The average Bonchev–Trinajstić information content (AvgIpc) is 3.21. The maximum absolute atomic E-state index is 13.3. The molecule has 26 heavy (non-hydrogen) atoms. The Morgan fingerprint density at radius 1 is 1.23 bits per heavy atom. The van der Waals surface area contributed by atoms with Gasteiger partial charge >= 0.3 is 0 Å². The summed E-state index contributed by atoms with van der Waals surface area (Å²) in [6, 6.07) is 11.1. The zero-order valence-corrected chi connectivity index (χ0v) is 14.2. The zero-order valence-electron chi connectivity index (χ0n) is 13.4. The van der Waals surface area contributed by atoms with Gasteiger partial charge in [0.2, 0.25) is 6.79 Å². The molecule has 0 spiro atoms. The van der Waals surface area contributed by atoms with Crippen molar-refractivity contribution in [3.8, 4) is 11.5 Å². The van der Waals surface area contributed by atoms with Crippen molar-refractivity contribution in [3.63, 3.8) is 0 Å². The molecular weight excluding hydrogens is 361 g/mol. The minimum absolute atomic E-state index is 0.136. The molecule has 0 bridgehead atoms. The normalized spacial score (nSPS) is 12.2. The summed E-state index contributed by atoms with van der Waals surface area (Å²) in [5.74, 6) is 0.642. The minimum atomic E-state index is -0.374. The lowest BCUT2D eigenvalue weighted by atomic mass is 10.2. The van der Waals surface area contributed by atoms with Crippen LogP contribution in [0.5, 0.6) is 11.5 Å². The number of aromatic nitrogens is 2. The molecule has 1 amide bonds. The van der Waals surface area contributed by atoms with Gasteiger partial charge in [-0.15, -0.1) is 0 Å². The van der Waals surface area contributed by atoms with Gasteiger partial charge in [0.1, 0.15) is 10.8 Å². The van der Waals surface area contributed by atoms with Crippen LogP contribution in [0.25, 0.3) is 0 Å². The van der Waals surface area contributed by atoms with E-state index in [1.165, 1.54) is 16.8 Å². The fourth-order valence-corrected chi connectivity index (χ4v) is 2.80. The van der Waals surface area contributed by atoms with Gasteiger partial charge < -0.3 is 14.8 Å². The van der Waals surface area contributed by atoms with Crippen molar-refractivity contribution in [1.82, 2.24) is 9.78 Å². The first-order chi connectivity index (χ1) is 12.6. The molecule has 0 unspecified atom stereocenters. The van der Waals surface area contributed by atoms with E-state index >= 15 is 0 Å². The second-order valence-electron chi connectivity index (χ2n) is 5.68. The number of fused-ring (bicyclic) bond motifs is 1. The highest BCUT2D eigenvalue weighted by molar-refractivity contribution is 6.33. The first-order valence-corrected chi connectivity index (χ1v) is 8.15. The highest BCUT2D eigenvalue weighted by atomic mass is 35.5. The number of nitrogens with one attached hydrogen (secondary N) is 1. The summed E-state index contributed by atoms with van der Waals surface area (Å²) in [4.78, 5) is 12.4.